The second-order valence-corrected chi connectivity index (χ2v) is 22.1. The molecule has 4 aromatic rings. The van der Waals surface area contributed by atoms with Crippen LogP contribution in [0.2, 0.25) is 0 Å². The van der Waals surface area contributed by atoms with Gasteiger partial charge in [0.1, 0.15) is 4.90 Å². The summed E-state index contributed by atoms with van der Waals surface area (Å²) in [5.41, 5.74) is -0.203. The van der Waals surface area contributed by atoms with Crippen LogP contribution in [0.5, 0.6) is 0 Å². The van der Waals surface area contributed by atoms with E-state index in [4.69, 9.17) is 10.5 Å². The first-order valence-electron chi connectivity index (χ1n) is 17.7. The summed E-state index contributed by atoms with van der Waals surface area (Å²) in [5.74, 6) is -1.79. The summed E-state index contributed by atoms with van der Waals surface area (Å²) in [5, 5.41) is 25.8. The Kier molecular flexibility index (Phi) is 13.6. The van der Waals surface area contributed by atoms with E-state index < -0.39 is 72.8 Å². The fourth-order valence-corrected chi connectivity index (χ4v) is 11.6. The molecule has 0 atom stereocenters. The first kappa shape index (κ1) is 48.4. The van der Waals surface area contributed by atoms with Crippen LogP contribution >= 0.6 is 24.1 Å². The van der Waals surface area contributed by atoms with E-state index in [1.807, 2.05) is 0 Å². The summed E-state index contributed by atoms with van der Waals surface area (Å²) >= 11 is 0.882. The Hall–Kier alpha value is -4.07. The van der Waals surface area contributed by atoms with Gasteiger partial charge in [-0.3, -0.25) is 18.2 Å². The average Bonchev–Trinajstić information content (AvgIpc) is 3.50. The van der Waals surface area contributed by atoms with Crippen LogP contribution in [0.15, 0.2) is 116 Å². The molecule has 4 aromatic carbocycles. The van der Waals surface area contributed by atoms with Gasteiger partial charge in [0.05, 0.1) is 34.4 Å². The van der Waals surface area contributed by atoms with Crippen LogP contribution < -0.4 is 4.90 Å². The molecule has 0 spiro atoms. The Morgan fingerprint density at radius 3 is 1.92 bits per heavy atom. The minimum Gasteiger partial charge on any atom is -0.327 e. The molecule has 20 nitrogen and oxygen atoms in total. The highest BCUT2D eigenvalue weighted by Crippen LogP contribution is 2.53. The van der Waals surface area contributed by atoms with Crippen molar-refractivity contribution in [1.82, 2.24) is 0 Å². The zero-order valence-corrected chi connectivity index (χ0v) is 37.9. The van der Waals surface area contributed by atoms with Gasteiger partial charge in [-0.2, -0.15) is 38.2 Å². The predicted molar refractivity (Wildman–Crippen MR) is 231 cm³/mol. The Morgan fingerprint density at radius 2 is 1.30 bits per heavy atom. The molecule has 6 rings (SSSR count). The van der Waals surface area contributed by atoms with Crippen LogP contribution in [-0.2, 0) is 70.0 Å². The minimum atomic E-state index is -4.91. The molecular formula is C37H37N2O18S6+. The van der Waals surface area contributed by atoms with E-state index in [0.29, 0.717) is 68.5 Å². The first-order chi connectivity index (χ1) is 29.2. The second-order valence-electron chi connectivity index (χ2n) is 15.0. The average molecular weight is 990 g/mol. The van der Waals surface area contributed by atoms with E-state index in [-0.39, 0.29) is 20.9 Å². The normalized spacial score (nSPS) is 17.4. The predicted octanol–water partition coefficient (Wildman–Crippen LogP) is 6.76. The first-order valence-corrected chi connectivity index (χ1v) is 25.3. The van der Waals surface area contributed by atoms with Crippen LogP contribution in [0.3, 0.4) is 0 Å². The summed E-state index contributed by atoms with van der Waals surface area (Å²) in [6.45, 7) is 6.88. The molecule has 2 heterocycles. The topological polar surface area (TPSA) is 301 Å². The van der Waals surface area contributed by atoms with E-state index in [1.165, 1.54) is 45.9 Å². The highest BCUT2D eigenvalue weighted by atomic mass is 32.2. The number of hydrogen-bond donors (Lipinski definition) is 6. The van der Waals surface area contributed by atoms with Gasteiger partial charge in [-0.15, -0.1) is 8.67 Å². The number of hydrogen-bond acceptors (Lipinski definition) is 17. The van der Waals surface area contributed by atoms with Gasteiger partial charge < -0.3 is 4.90 Å². The molecule has 0 fully saturated rings. The van der Waals surface area contributed by atoms with Gasteiger partial charge in [0, 0.05) is 55.1 Å². The molecule has 0 unspecified atom stereocenters. The molecular weight excluding hydrogens is 953 g/mol. The molecule has 0 bridgehead atoms. The van der Waals surface area contributed by atoms with Crippen molar-refractivity contribution in [2.24, 2.45) is 0 Å². The van der Waals surface area contributed by atoms with Crippen LogP contribution in [0.4, 0.5) is 11.4 Å². The lowest BCUT2D eigenvalue weighted by atomic mass is 9.79. The van der Waals surface area contributed by atoms with Gasteiger partial charge in [0.15, 0.2) is 11.6 Å². The molecule has 338 valence electrons. The molecule has 0 saturated heterocycles. The van der Waals surface area contributed by atoms with E-state index in [2.05, 4.69) is 18.7 Å². The van der Waals surface area contributed by atoms with Gasteiger partial charge in [0.25, 0.3) is 36.2 Å². The second kappa shape index (κ2) is 17.7. The summed E-state index contributed by atoms with van der Waals surface area (Å²) in [7, 11) is -18.9. The van der Waals surface area contributed by atoms with E-state index in [9.17, 15) is 51.9 Å². The molecule has 2 aliphatic heterocycles. The monoisotopic (exact) mass is 989 g/mol. The lowest BCUT2D eigenvalue weighted by Gasteiger charge is -2.26. The largest absolute Gasteiger partial charge is 0.327 e. The molecule has 0 saturated carbocycles. The lowest BCUT2D eigenvalue weighted by Crippen LogP contribution is -2.30. The van der Waals surface area contributed by atoms with Crippen LogP contribution in [-0.4, -0.2) is 84.4 Å². The third-order valence-electron chi connectivity index (χ3n) is 10.2. The molecule has 6 N–H and O–H groups in total. The molecule has 26 heteroatoms. The summed E-state index contributed by atoms with van der Waals surface area (Å²) < 4.78 is 149. The third-order valence-corrected chi connectivity index (χ3v) is 14.3. The van der Waals surface area contributed by atoms with Crippen molar-refractivity contribution >= 4 is 103 Å². The molecule has 0 radical (unpaired) electrons. The van der Waals surface area contributed by atoms with E-state index >= 15 is 0 Å². The maximum Gasteiger partial charge on any atom is 0.326 e. The number of benzene rings is 4. The van der Waals surface area contributed by atoms with Crippen LogP contribution in [0.25, 0.3) is 21.5 Å². The van der Waals surface area contributed by atoms with Crippen molar-refractivity contribution in [2.45, 2.75) is 58.1 Å². The fourth-order valence-electron chi connectivity index (χ4n) is 7.94. The van der Waals surface area contributed by atoms with Crippen molar-refractivity contribution < 1.29 is 85.7 Å². The Morgan fingerprint density at radius 1 is 0.683 bits per heavy atom. The molecule has 0 amide bonds. The smallest absolute Gasteiger partial charge is 0.326 e. The minimum absolute atomic E-state index is 0.0582. The van der Waals surface area contributed by atoms with Crippen molar-refractivity contribution in [3.8, 4) is 0 Å². The molecule has 63 heavy (non-hydrogen) atoms. The number of rotatable bonds is 16. The summed E-state index contributed by atoms with van der Waals surface area (Å²) in [6, 6.07) is 10.9. The standard InChI is InChI=1S/C37H36N2O18S6/c1-36(2)30(38(20-60(42,43)44)26-15-13-23-17-25(62(48,49)50)19-28(59-57-55-41)32(23)34(26)36)10-8-6-5-7-9-11-31-37(3,4)35-27(39(31)21-61(45,46)47)14-12-22-16-24(58-56-54-40)18-29(33(22)35)63(51,52)53/h5-19H,20-21H2,1-4H3,(H5-,40,41,42,43,44,45,46,47,48,49,50,51,52,53)/p+1. The van der Waals surface area contributed by atoms with Crippen LogP contribution in [0.1, 0.15) is 38.8 Å². The SMILES string of the molecule is CC1(C)C(/C=C/C=C/C=C/C=C2/N(CS(=O)(=O)O)c3ccc4cc(S(=O)(=O)O)cc(SOOO)c4c3C2(C)C)=[N+](CS(=O)(=O)O)c2ccc3cc(SOOO)cc(S(=O)(=O)O)c3c21. The van der Waals surface area contributed by atoms with Crippen molar-refractivity contribution in [2.75, 3.05) is 16.7 Å². The molecule has 2 aliphatic rings. The summed E-state index contributed by atoms with van der Waals surface area (Å²) in [6.07, 6.45) is 11.0. The zero-order valence-electron chi connectivity index (χ0n) is 33.0. The zero-order chi connectivity index (χ0) is 46.5. The maximum absolute atomic E-state index is 12.7. The number of nitrogens with zero attached hydrogens (tertiary/aromatic N) is 2. The van der Waals surface area contributed by atoms with Crippen molar-refractivity contribution in [3.63, 3.8) is 0 Å². The Labute approximate surface area is 369 Å². The van der Waals surface area contributed by atoms with Gasteiger partial charge in [-0.25, -0.2) is 10.5 Å². The van der Waals surface area contributed by atoms with Crippen molar-refractivity contribution in [3.05, 3.63) is 108 Å². The van der Waals surface area contributed by atoms with Crippen LogP contribution in [0, 0.1) is 0 Å². The lowest BCUT2D eigenvalue weighted by molar-refractivity contribution is -0.432. The summed E-state index contributed by atoms with van der Waals surface area (Å²) in [4.78, 5) is 0.502. The maximum atomic E-state index is 12.7. The Bertz CT molecular complexity index is 3160. The van der Waals surface area contributed by atoms with Crippen molar-refractivity contribution in [1.29, 1.82) is 0 Å². The van der Waals surface area contributed by atoms with Gasteiger partial charge >= 0.3 is 10.1 Å². The fraction of sp³-hybridized carbons (Fsp3) is 0.216. The number of anilines is 1. The van der Waals surface area contributed by atoms with Gasteiger partial charge in [0.2, 0.25) is 5.69 Å². The third kappa shape index (κ3) is 10.1. The molecule has 0 aromatic heterocycles. The van der Waals surface area contributed by atoms with E-state index in [1.54, 1.807) is 70.2 Å². The molecule has 0 aliphatic carbocycles. The quantitative estimate of drug-likeness (QED) is 0.0169. The number of fused-ring (bicyclic) bond motifs is 6. The number of allylic oxidation sites excluding steroid dienone is 8. The van der Waals surface area contributed by atoms with E-state index in [0.717, 1.165) is 12.1 Å². The van der Waals surface area contributed by atoms with Gasteiger partial charge in [-0.05, 0) is 72.7 Å². The van der Waals surface area contributed by atoms with Gasteiger partial charge in [-0.1, -0.05) is 60.4 Å². The highest BCUT2D eigenvalue weighted by Gasteiger charge is 2.48. The Balaban J connectivity index is 1.39. The highest BCUT2D eigenvalue weighted by molar-refractivity contribution is 7.95.